The van der Waals surface area contributed by atoms with Gasteiger partial charge in [0.1, 0.15) is 0 Å². The number of piperazine rings is 1. The lowest BCUT2D eigenvalue weighted by Crippen LogP contribution is -2.49. The van der Waals surface area contributed by atoms with Crippen LogP contribution >= 0.6 is 12.4 Å². The highest BCUT2D eigenvalue weighted by Crippen LogP contribution is 2.38. The number of halogens is 4. The van der Waals surface area contributed by atoms with Crippen molar-refractivity contribution < 1.29 is 21.6 Å². The monoisotopic (exact) mass is 420 g/mol. The molecule has 0 aromatic heterocycles. The SMILES string of the molecule is CN1CCN(S(=O)(=O)c2ccccc2C(F)(F)F)C(c2ccccc2)C1.Cl. The molecule has 0 amide bonds. The van der Waals surface area contributed by atoms with Crippen LogP contribution in [0.1, 0.15) is 17.2 Å². The van der Waals surface area contributed by atoms with Gasteiger partial charge in [0, 0.05) is 19.6 Å². The van der Waals surface area contributed by atoms with E-state index < -0.39 is 32.7 Å². The van der Waals surface area contributed by atoms with Crippen molar-refractivity contribution in [1.29, 1.82) is 0 Å². The quantitative estimate of drug-likeness (QED) is 0.758. The van der Waals surface area contributed by atoms with Gasteiger partial charge in [-0.2, -0.15) is 17.5 Å². The second kappa shape index (κ2) is 8.18. The zero-order valence-corrected chi connectivity index (χ0v) is 16.2. The minimum atomic E-state index is -4.74. The zero-order chi connectivity index (χ0) is 18.9. The molecule has 1 aliphatic heterocycles. The van der Waals surface area contributed by atoms with Gasteiger partial charge in [0.25, 0.3) is 0 Å². The van der Waals surface area contributed by atoms with E-state index in [0.29, 0.717) is 13.1 Å². The summed E-state index contributed by atoms with van der Waals surface area (Å²) >= 11 is 0. The van der Waals surface area contributed by atoms with Crippen LogP contribution in [-0.2, 0) is 16.2 Å². The summed E-state index contributed by atoms with van der Waals surface area (Å²) in [6.07, 6.45) is -4.74. The van der Waals surface area contributed by atoms with Crippen molar-refractivity contribution >= 4 is 22.4 Å². The lowest BCUT2D eigenvalue weighted by atomic mass is 10.1. The summed E-state index contributed by atoms with van der Waals surface area (Å²) in [6.45, 7) is 0.999. The minimum Gasteiger partial charge on any atom is -0.303 e. The highest BCUT2D eigenvalue weighted by Gasteiger charge is 2.42. The Labute approximate surface area is 163 Å². The maximum absolute atomic E-state index is 13.3. The van der Waals surface area contributed by atoms with Gasteiger partial charge in [-0.1, -0.05) is 42.5 Å². The first-order valence-electron chi connectivity index (χ1n) is 8.13. The minimum absolute atomic E-state index is 0. The third-order valence-electron chi connectivity index (χ3n) is 4.50. The van der Waals surface area contributed by atoms with Gasteiger partial charge in [-0.05, 0) is 24.7 Å². The van der Waals surface area contributed by atoms with Crippen LogP contribution in [0.3, 0.4) is 0 Å². The van der Waals surface area contributed by atoms with Gasteiger partial charge in [-0.15, -0.1) is 12.4 Å². The second-order valence-electron chi connectivity index (χ2n) is 6.30. The largest absolute Gasteiger partial charge is 0.417 e. The average Bonchev–Trinajstić information content (AvgIpc) is 2.61. The predicted molar refractivity (Wildman–Crippen MR) is 99.3 cm³/mol. The van der Waals surface area contributed by atoms with Crippen LogP contribution in [-0.4, -0.2) is 44.3 Å². The third kappa shape index (κ3) is 4.45. The van der Waals surface area contributed by atoms with Crippen molar-refractivity contribution in [3.8, 4) is 0 Å². The van der Waals surface area contributed by atoms with E-state index in [1.165, 1.54) is 16.4 Å². The summed E-state index contributed by atoms with van der Waals surface area (Å²) in [4.78, 5) is 1.28. The molecule has 1 saturated heterocycles. The van der Waals surface area contributed by atoms with Gasteiger partial charge in [0.15, 0.2) is 0 Å². The number of hydrogen-bond acceptors (Lipinski definition) is 3. The third-order valence-corrected chi connectivity index (χ3v) is 6.46. The van der Waals surface area contributed by atoms with Gasteiger partial charge in [0.2, 0.25) is 10.0 Å². The molecule has 3 rings (SSSR count). The van der Waals surface area contributed by atoms with Gasteiger partial charge in [0.05, 0.1) is 16.5 Å². The molecule has 4 nitrogen and oxygen atoms in total. The van der Waals surface area contributed by atoms with Crippen LogP contribution in [0.5, 0.6) is 0 Å². The molecule has 0 N–H and O–H groups in total. The standard InChI is InChI=1S/C18H19F3N2O2S.ClH/c1-22-11-12-23(16(13-22)14-7-3-2-4-8-14)26(24,25)17-10-6-5-9-15(17)18(19,20)21;/h2-10,16H,11-13H2,1H3;1H. The lowest BCUT2D eigenvalue weighted by molar-refractivity contribution is -0.139. The smallest absolute Gasteiger partial charge is 0.303 e. The molecule has 0 bridgehead atoms. The Hall–Kier alpha value is -1.61. The lowest BCUT2D eigenvalue weighted by Gasteiger charge is -2.39. The van der Waals surface area contributed by atoms with E-state index in [2.05, 4.69) is 0 Å². The topological polar surface area (TPSA) is 40.6 Å². The highest BCUT2D eigenvalue weighted by atomic mass is 35.5. The van der Waals surface area contributed by atoms with Gasteiger partial charge >= 0.3 is 6.18 Å². The average molecular weight is 421 g/mol. The second-order valence-corrected chi connectivity index (χ2v) is 8.16. The first-order valence-corrected chi connectivity index (χ1v) is 9.57. The highest BCUT2D eigenvalue weighted by molar-refractivity contribution is 7.89. The normalized spacial score (nSPS) is 19.5. The first kappa shape index (κ1) is 21.7. The molecule has 1 heterocycles. The van der Waals surface area contributed by atoms with E-state index in [4.69, 9.17) is 0 Å². The summed E-state index contributed by atoms with van der Waals surface area (Å²) in [5.74, 6) is 0. The van der Waals surface area contributed by atoms with Crippen LogP contribution in [0.25, 0.3) is 0 Å². The van der Waals surface area contributed by atoms with Crippen molar-refractivity contribution in [2.45, 2.75) is 17.1 Å². The molecule has 0 radical (unpaired) electrons. The number of nitrogens with zero attached hydrogens (tertiary/aromatic N) is 2. The molecule has 1 fully saturated rings. The fraction of sp³-hybridized carbons (Fsp3) is 0.333. The number of alkyl halides is 3. The van der Waals surface area contributed by atoms with E-state index in [-0.39, 0.29) is 19.0 Å². The number of hydrogen-bond donors (Lipinski definition) is 0. The maximum Gasteiger partial charge on any atom is 0.417 e. The summed E-state index contributed by atoms with van der Waals surface area (Å²) in [5, 5.41) is 0. The van der Waals surface area contributed by atoms with Crippen molar-refractivity contribution in [3.63, 3.8) is 0 Å². The van der Waals surface area contributed by atoms with Crippen molar-refractivity contribution in [3.05, 3.63) is 65.7 Å². The van der Waals surface area contributed by atoms with E-state index >= 15 is 0 Å². The molecule has 27 heavy (non-hydrogen) atoms. The van der Waals surface area contributed by atoms with E-state index in [0.717, 1.165) is 17.7 Å². The van der Waals surface area contributed by atoms with Crippen LogP contribution in [0.4, 0.5) is 13.2 Å². The first-order chi connectivity index (χ1) is 12.2. The molecule has 1 unspecified atom stereocenters. The summed E-state index contributed by atoms with van der Waals surface area (Å²) in [6, 6.07) is 12.8. The molecule has 9 heteroatoms. The van der Waals surface area contributed by atoms with Gasteiger partial charge in [-0.3, -0.25) is 0 Å². The molecule has 2 aromatic carbocycles. The van der Waals surface area contributed by atoms with E-state index in [1.807, 2.05) is 18.0 Å². The number of benzene rings is 2. The van der Waals surface area contributed by atoms with Gasteiger partial charge < -0.3 is 4.90 Å². The molecule has 1 atom stereocenters. The molecule has 2 aromatic rings. The molecular formula is C18H20ClF3N2O2S. The molecule has 0 spiro atoms. The van der Waals surface area contributed by atoms with Crippen molar-refractivity contribution in [1.82, 2.24) is 9.21 Å². The maximum atomic E-state index is 13.3. The molecule has 0 aliphatic carbocycles. The number of likely N-dealkylation sites (N-methyl/N-ethyl adjacent to an activating group) is 1. The Bertz CT molecular complexity index is 876. The Morgan fingerprint density at radius 3 is 2.19 bits per heavy atom. The Morgan fingerprint density at radius 1 is 0.963 bits per heavy atom. The molecule has 148 valence electrons. The van der Waals surface area contributed by atoms with Crippen molar-refractivity contribution in [2.75, 3.05) is 26.7 Å². The summed E-state index contributed by atoms with van der Waals surface area (Å²) < 4.78 is 67.5. The van der Waals surface area contributed by atoms with Crippen LogP contribution in [0.2, 0.25) is 0 Å². The number of sulfonamides is 1. The molecule has 0 saturated carbocycles. The van der Waals surface area contributed by atoms with Gasteiger partial charge in [-0.25, -0.2) is 8.42 Å². The van der Waals surface area contributed by atoms with E-state index in [9.17, 15) is 21.6 Å². The zero-order valence-electron chi connectivity index (χ0n) is 14.6. The molecular weight excluding hydrogens is 401 g/mol. The van der Waals surface area contributed by atoms with E-state index in [1.54, 1.807) is 24.3 Å². The number of rotatable bonds is 3. The Kier molecular flexibility index (Phi) is 6.57. The fourth-order valence-corrected chi connectivity index (χ4v) is 5.00. The Balaban J connectivity index is 0.00000261. The Morgan fingerprint density at radius 2 is 1.56 bits per heavy atom. The fourth-order valence-electron chi connectivity index (χ4n) is 3.19. The van der Waals surface area contributed by atoms with Crippen LogP contribution in [0.15, 0.2) is 59.5 Å². The van der Waals surface area contributed by atoms with Crippen LogP contribution < -0.4 is 0 Å². The van der Waals surface area contributed by atoms with Crippen molar-refractivity contribution in [2.24, 2.45) is 0 Å². The van der Waals surface area contributed by atoms with Crippen LogP contribution in [0, 0.1) is 0 Å². The summed E-state index contributed by atoms with van der Waals surface area (Å²) in [5.41, 5.74) is -0.377. The predicted octanol–water partition coefficient (Wildman–Crippen LogP) is 3.80. The molecule has 1 aliphatic rings. The summed E-state index contributed by atoms with van der Waals surface area (Å²) in [7, 11) is -2.45.